The summed E-state index contributed by atoms with van der Waals surface area (Å²) in [5.74, 6) is 0.0417. The van der Waals surface area contributed by atoms with Crippen LogP contribution in [-0.2, 0) is 6.54 Å². The van der Waals surface area contributed by atoms with E-state index in [9.17, 15) is 15.0 Å². The Balaban J connectivity index is 1.79. The monoisotopic (exact) mass is 463 g/mol. The standard InChI is InChI=1S/C26H33N5O3/c1-16(2)20-13-21(23(33)14-22(20)32)24-28-29-25(26(34)27-17(3)4)31(24)19-9-7-18(8-10-19)15-30-11-5-6-12-30/h7-10,13-14,16-17,32-33H,5-6,11-12,15H2,1-4H3,(H,27,34). The number of hydrogen-bond acceptors (Lipinski definition) is 6. The zero-order valence-corrected chi connectivity index (χ0v) is 20.2. The van der Waals surface area contributed by atoms with Crippen LogP contribution in [0.4, 0.5) is 0 Å². The number of nitrogens with zero attached hydrogens (tertiary/aromatic N) is 4. The number of carbonyl (C=O) groups excluding carboxylic acids is 1. The van der Waals surface area contributed by atoms with Gasteiger partial charge in [-0.2, -0.15) is 0 Å². The van der Waals surface area contributed by atoms with Crippen molar-refractivity contribution in [2.24, 2.45) is 0 Å². The molecule has 8 heteroatoms. The number of benzene rings is 2. The maximum atomic E-state index is 13.0. The first-order valence-corrected chi connectivity index (χ1v) is 11.9. The van der Waals surface area contributed by atoms with E-state index < -0.39 is 0 Å². The molecule has 34 heavy (non-hydrogen) atoms. The predicted octanol–water partition coefficient (Wildman–Crippen LogP) is 4.20. The number of amides is 1. The minimum absolute atomic E-state index is 0.0198. The number of aromatic hydroxyl groups is 2. The second-order valence-electron chi connectivity index (χ2n) is 9.54. The molecule has 0 spiro atoms. The maximum Gasteiger partial charge on any atom is 0.289 e. The van der Waals surface area contributed by atoms with Crippen LogP contribution in [0, 0.1) is 0 Å². The molecule has 0 saturated carbocycles. The number of nitrogens with one attached hydrogen (secondary N) is 1. The third-order valence-corrected chi connectivity index (χ3v) is 6.09. The number of likely N-dealkylation sites (tertiary alicyclic amines) is 1. The highest BCUT2D eigenvalue weighted by molar-refractivity contribution is 5.92. The highest BCUT2D eigenvalue weighted by Crippen LogP contribution is 2.38. The van der Waals surface area contributed by atoms with E-state index in [0.29, 0.717) is 17.0 Å². The normalized spacial score (nSPS) is 14.3. The van der Waals surface area contributed by atoms with Crippen molar-refractivity contribution in [2.75, 3.05) is 13.1 Å². The van der Waals surface area contributed by atoms with Gasteiger partial charge in [0.1, 0.15) is 11.5 Å². The van der Waals surface area contributed by atoms with Crippen LogP contribution in [-0.4, -0.2) is 54.9 Å². The van der Waals surface area contributed by atoms with E-state index in [1.165, 1.54) is 24.5 Å². The fourth-order valence-corrected chi connectivity index (χ4v) is 4.36. The lowest BCUT2D eigenvalue weighted by Crippen LogP contribution is -2.32. The van der Waals surface area contributed by atoms with Crippen LogP contribution in [0.5, 0.6) is 11.5 Å². The summed E-state index contributed by atoms with van der Waals surface area (Å²) in [5, 5.41) is 32.3. The average Bonchev–Trinajstić information content (AvgIpc) is 3.44. The quantitative estimate of drug-likeness (QED) is 0.485. The fourth-order valence-electron chi connectivity index (χ4n) is 4.36. The van der Waals surface area contributed by atoms with Gasteiger partial charge in [-0.15, -0.1) is 10.2 Å². The smallest absolute Gasteiger partial charge is 0.289 e. The van der Waals surface area contributed by atoms with Crippen LogP contribution < -0.4 is 5.32 Å². The molecule has 2 aromatic carbocycles. The van der Waals surface area contributed by atoms with Crippen molar-refractivity contribution in [2.45, 2.75) is 59.0 Å². The summed E-state index contributed by atoms with van der Waals surface area (Å²) >= 11 is 0. The number of rotatable bonds is 7. The van der Waals surface area contributed by atoms with Crippen LogP contribution in [0.25, 0.3) is 17.1 Å². The van der Waals surface area contributed by atoms with Gasteiger partial charge in [-0.25, -0.2) is 0 Å². The molecule has 1 amide bonds. The molecular formula is C26H33N5O3. The Bertz CT molecular complexity index is 1160. The highest BCUT2D eigenvalue weighted by Gasteiger charge is 2.25. The van der Waals surface area contributed by atoms with E-state index in [0.717, 1.165) is 25.3 Å². The van der Waals surface area contributed by atoms with Gasteiger partial charge in [-0.3, -0.25) is 14.3 Å². The molecule has 0 radical (unpaired) electrons. The van der Waals surface area contributed by atoms with Crippen molar-refractivity contribution >= 4 is 5.91 Å². The Hall–Kier alpha value is -3.39. The molecule has 8 nitrogen and oxygen atoms in total. The predicted molar refractivity (Wildman–Crippen MR) is 131 cm³/mol. The number of carbonyl (C=O) groups is 1. The van der Waals surface area contributed by atoms with Gasteiger partial charge in [-0.1, -0.05) is 26.0 Å². The second kappa shape index (κ2) is 9.85. The first-order valence-electron chi connectivity index (χ1n) is 11.9. The summed E-state index contributed by atoms with van der Waals surface area (Å²) in [7, 11) is 0. The zero-order chi connectivity index (χ0) is 24.4. The van der Waals surface area contributed by atoms with Crippen molar-refractivity contribution in [3.8, 4) is 28.6 Å². The van der Waals surface area contributed by atoms with Crippen molar-refractivity contribution in [1.29, 1.82) is 0 Å². The molecule has 1 aromatic heterocycles. The Morgan fingerprint density at radius 1 is 1.00 bits per heavy atom. The van der Waals surface area contributed by atoms with Gasteiger partial charge in [0.05, 0.1) is 5.56 Å². The van der Waals surface area contributed by atoms with Crippen LogP contribution in [0.1, 0.15) is 68.2 Å². The van der Waals surface area contributed by atoms with Crippen LogP contribution in [0.3, 0.4) is 0 Å². The molecule has 180 valence electrons. The second-order valence-corrected chi connectivity index (χ2v) is 9.54. The van der Waals surface area contributed by atoms with Crippen molar-refractivity contribution in [3.05, 3.63) is 53.3 Å². The Morgan fingerprint density at radius 3 is 2.29 bits per heavy atom. The highest BCUT2D eigenvalue weighted by atomic mass is 16.3. The molecule has 0 unspecified atom stereocenters. The van der Waals surface area contributed by atoms with E-state index >= 15 is 0 Å². The van der Waals surface area contributed by atoms with Crippen molar-refractivity contribution in [1.82, 2.24) is 25.0 Å². The number of phenolic OH excluding ortho intramolecular Hbond substituents is 2. The first kappa shape index (κ1) is 23.8. The maximum absolute atomic E-state index is 13.0. The van der Waals surface area contributed by atoms with Gasteiger partial charge in [0, 0.05) is 24.3 Å². The number of hydrogen-bond donors (Lipinski definition) is 3. The first-order chi connectivity index (χ1) is 16.2. The molecule has 1 aliphatic rings. The molecule has 2 heterocycles. The molecule has 1 fully saturated rings. The number of aromatic nitrogens is 3. The van der Waals surface area contributed by atoms with Gasteiger partial charge in [0.2, 0.25) is 5.82 Å². The van der Waals surface area contributed by atoms with E-state index in [1.54, 1.807) is 10.6 Å². The molecule has 1 aliphatic heterocycles. The Kier molecular flexibility index (Phi) is 6.88. The summed E-state index contributed by atoms with van der Waals surface area (Å²) in [4.78, 5) is 15.4. The Morgan fingerprint density at radius 2 is 1.68 bits per heavy atom. The SMILES string of the molecule is CC(C)NC(=O)c1nnc(-c2cc(C(C)C)c(O)cc2O)n1-c1ccc(CN2CCCC2)cc1. The van der Waals surface area contributed by atoms with Gasteiger partial charge in [0.25, 0.3) is 5.91 Å². The van der Waals surface area contributed by atoms with E-state index in [2.05, 4.69) is 32.5 Å². The van der Waals surface area contributed by atoms with Gasteiger partial charge < -0.3 is 15.5 Å². The molecule has 0 bridgehead atoms. The molecule has 3 N–H and O–H groups in total. The summed E-state index contributed by atoms with van der Waals surface area (Å²) in [6.45, 7) is 10.8. The van der Waals surface area contributed by atoms with Gasteiger partial charge in [-0.05, 0) is 75.0 Å². The molecule has 4 rings (SSSR count). The summed E-state index contributed by atoms with van der Waals surface area (Å²) in [5.41, 5.74) is 3.00. The molecular weight excluding hydrogens is 430 g/mol. The largest absolute Gasteiger partial charge is 0.508 e. The lowest BCUT2D eigenvalue weighted by Gasteiger charge is -2.17. The zero-order valence-electron chi connectivity index (χ0n) is 20.2. The summed E-state index contributed by atoms with van der Waals surface area (Å²) in [6.07, 6.45) is 2.48. The van der Waals surface area contributed by atoms with E-state index in [1.807, 2.05) is 39.8 Å². The summed E-state index contributed by atoms with van der Waals surface area (Å²) in [6, 6.07) is 11.0. The average molecular weight is 464 g/mol. The lowest BCUT2D eigenvalue weighted by atomic mass is 9.98. The van der Waals surface area contributed by atoms with Gasteiger partial charge >= 0.3 is 0 Å². The fraction of sp³-hybridized carbons (Fsp3) is 0.423. The molecule has 0 atom stereocenters. The van der Waals surface area contributed by atoms with E-state index in [-0.39, 0.29) is 35.2 Å². The van der Waals surface area contributed by atoms with Gasteiger partial charge in [0.15, 0.2) is 5.82 Å². The Labute approximate surface area is 200 Å². The third kappa shape index (κ3) is 4.92. The minimum atomic E-state index is -0.350. The van der Waals surface area contributed by atoms with Crippen LogP contribution >= 0.6 is 0 Å². The number of phenols is 2. The molecule has 1 saturated heterocycles. The summed E-state index contributed by atoms with van der Waals surface area (Å²) < 4.78 is 1.66. The lowest BCUT2D eigenvalue weighted by molar-refractivity contribution is 0.0930. The van der Waals surface area contributed by atoms with Crippen LogP contribution in [0.15, 0.2) is 36.4 Å². The van der Waals surface area contributed by atoms with Crippen LogP contribution in [0.2, 0.25) is 0 Å². The van der Waals surface area contributed by atoms with Crippen molar-refractivity contribution in [3.63, 3.8) is 0 Å². The molecule has 0 aliphatic carbocycles. The third-order valence-electron chi connectivity index (χ3n) is 6.09. The topological polar surface area (TPSA) is 104 Å². The van der Waals surface area contributed by atoms with Crippen molar-refractivity contribution < 1.29 is 15.0 Å². The van der Waals surface area contributed by atoms with E-state index in [4.69, 9.17) is 0 Å². The molecule has 3 aromatic rings. The minimum Gasteiger partial charge on any atom is -0.508 e.